The third-order valence-electron chi connectivity index (χ3n) is 5.52. The van der Waals surface area contributed by atoms with Gasteiger partial charge in [0.05, 0.1) is 5.69 Å². The van der Waals surface area contributed by atoms with E-state index in [4.69, 9.17) is 0 Å². The Hall–Kier alpha value is -1.65. The van der Waals surface area contributed by atoms with Crippen LogP contribution in [-0.2, 0) is 17.8 Å². The molecule has 2 saturated carbocycles. The topological polar surface area (TPSA) is 58.1 Å². The monoisotopic (exact) mass is 314 g/mol. The molecule has 1 aromatic heterocycles. The predicted molar refractivity (Wildman–Crippen MR) is 88.9 cm³/mol. The molecule has 5 nitrogen and oxygen atoms in total. The van der Waals surface area contributed by atoms with Crippen molar-refractivity contribution >= 4 is 11.7 Å². The van der Waals surface area contributed by atoms with Crippen molar-refractivity contribution < 1.29 is 4.79 Å². The summed E-state index contributed by atoms with van der Waals surface area (Å²) in [7, 11) is 0. The Morgan fingerprint density at radius 1 is 1.30 bits per heavy atom. The van der Waals surface area contributed by atoms with Crippen LogP contribution < -0.4 is 5.32 Å². The first-order valence-electron chi connectivity index (χ1n) is 9.11. The number of hydrogen-bond donors (Lipinski definition) is 1. The number of carbonyl (C=O) groups excluding carboxylic acids is 1. The molecular formula is C18H26N4O. The minimum atomic E-state index is 0.348. The fourth-order valence-corrected chi connectivity index (χ4v) is 3.91. The average molecular weight is 314 g/mol. The standard InChI is InChI=1S/C18H26N4O/c1-2-19-17-9-14-11-22(8-7-16(14)20-21-17)18(23)10-15(12-3-4-12)13-5-6-13/h9,12-13,15H,2-8,10-11H2,1H3,(H,19,21). The summed E-state index contributed by atoms with van der Waals surface area (Å²) in [6.07, 6.45) is 6.98. The van der Waals surface area contributed by atoms with E-state index in [9.17, 15) is 4.79 Å². The fourth-order valence-electron chi connectivity index (χ4n) is 3.91. The van der Waals surface area contributed by atoms with E-state index in [1.165, 1.54) is 25.7 Å². The third kappa shape index (κ3) is 3.33. The van der Waals surface area contributed by atoms with Gasteiger partial charge in [-0.25, -0.2) is 0 Å². The lowest BCUT2D eigenvalue weighted by atomic mass is 9.93. The van der Waals surface area contributed by atoms with Crippen LogP contribution in [0.2, 0.25) is 0 Å². The van der Waals surface area contributed by atoms with Crippen LogP contribution in [0.1, 0.15) is 50.3 Å². The number of nitrogens with zero attached hydrogens (tertiary/aromatic N) is 3. The van der Waals surface area contributed by atoms with Gasteiger partial charge in [0.1, 0.15) is 5.82 Å². The quantitative estimate of drug-likeness (QED) is 0.877. The van der Waals surface area contributed by atoms with Gasteiger partial charge in [0, 0.05) is 32.5 Å². The Bertz CT molecular complexity index is 583. The maximum atomic E-state index is 12.8. The predicted octanol–water partition coefficient (Wildman–Crippen LogP) is 2.62. The highest BCUT2D eigenvalue weighted by Gasteiger charge is 2.42. The highest BCUT2D eigenvalue weighted by Crippen LogP contribution is 2.50. The number of fused-ring (bicyclic) bond motifs is 1. The van der Waals surface area contributed by atoms with E-state index in [0.717, 1.165) is 54.8 Å². The molecule has 0 aromatic carbocycles. The number of amides is 1. The molecule has 3 aliphatic rings. The summed E-state index contributed by atoms with van der Waals surface area (Å²) in [5.74, 6) is 3.51. The van der Waals surface area contributed by atoms with Crippen LogP contribution in [0.25, 0.3) is 0 Å². The summed E-state index contributed by atoms with van der Waals surface area (Å²) in [4.78, 5) is 14.8. The zero-order chi connectivity index (χ0) is 15.8. The van der Waals surface area contributed by atoms with Crippen molar-refractivity contribution in [1.29, 1.82) is 0 Å². The normalized spacial score (nSPS) is 20.5. The minimum absolute atomic E-state index is 0.348. The molecule has 5 heteroatoms. The molecule has 0 radical (unpaired) electrons. The number of nitrogens with one attached hydrogen (secondary N) is 1. The first kappa shape index (κ1) is 14.9. The summed E-state index contributed by atoms with van der Waals surface area (Å²) in [6, 6.07) is 2.06. The Balaban J connectivity index is 1.42. The molecule has 1 N–H and O–H groups in total. The van der Waals surface area contributed by atoms with Crippen LogP contribution in [0.15, 0.2) is 6.07 Å². The van der Waals surface area contributed by atoms with Gasteiger partial charge in [-0.1, -0.05) is 0 Å². The van der Waals surface area contributed by atoms with Crippen molar-refractivity contribution in [1.82, 2.24) is 15.1 Å². The zero-order valence-corrected chi connectivity index (χ0v) is 13.9. The van der Waals surface area contributed by atoms with E-state index >= 15 is 0 Å². The molecule has 1 aromatic rings. The highest BCUT2D eigenvalue weighted by atomic mass is 16.2. The first-order chi connectivity index (χ1) is 11.2. The van der Waals surface area contributed by atoms with Crippen molar-refractivity contribution in [2.24, 2.45) is 17.8 Å². The third-order valence-corrected chi connectivity index (χ3v) is 5.52. The molecule has 124 valence electrons. The van der Waals surface area contributed by atoms with Crippen LogP contribution in [0.5, 0.6) is 0 Å². The molecule has 2 aliphatic carbocycles. The largest absolute Gasteiger partial charge is 0.369 e. The first-order valence-corrected chi connectivity index (χ1v) is 9.11. The smallest absolute Gasteiger partial charge is 0.223 e. The fraction of sp³-hybridized carbons (Fsp3) is 0.722. The lowest BCUT2D eigenvalue weighted by Gasteiger charge is -2.29. The van der Waals surface area contributed by atoms with Crippen LogP contribution >= 0.6 is 0 Å². The SMILES string of the molecule is CCNc1cc2c(nn1)CCN(C(=O)CC(C1CC1)C1CC1)C2. The molecule has 2 heterocycles. The van der Waals surface area contributed by atoms with E-state index in [2.05, 4.69) is 21.6 Å². The van der Waals surface area contributed by atoms with E-state index in [0.29, 0.717) is 18.4 Å². The van der Waals surface area contributed by atoms with Crippen molar-refractivity contribution in [2.75, 3.05) is 18.4 Å². The van der Waals surface area contributed by atoms with Crippen molar-refractivity contribution in [3.05, 3.63) is 17.3 Å². The number of hydrogen-bond acceptors (Lipinski definition) is 4. The highest BCUT2D eigenvalue weighted by molar-refractivity contribution is 5.77. The van der Waals surface area contributed by atoms with Crippen molar-refractivity contribution in [3.8, 4) is 0 Å². The lowest BCUT2D eigenvalue weighted by Crippen LogP contribution is -2.37. The molecule has 0 spiro atoms. The Morgan fingerprint density at radius 2 is 2.04 bits per heavy atom. The second kappa shape index (κ2) is 6.10. The van der Waals surface area contributed by atoms with Gasteiger partial charge in [0.2, 0.25) is 5.91 Å². The number of rotatable bonds is 6. The summed E-state index contributed by atoms with van der Waals surface area (Å²) in [6.45, 7) is 4.38. The molecule has 4 rings (SSSR count). The second-order valence-corrected chi connectivity index (χ2v) is 7.34. The number of carbonyl (C=O) groups is 1. The van der Waals surface area contributed by atoms with Gasteiger partial charge in [0.25, 0.3) is 0 Å². The molecular weight excluding hydrogens is 288 g/mol. The van der Waals surface area contributed by atoms with Gasteiger partial charge in [-0.2, -0.15) is 5.10 Å². The van der Waals surface area contributed by atoms with E-state index in [1.54, 1.807) is 0 Å². The molecule has 2 fully saturated rings. The van der Waals surface area contributed by atoms with Gasteiger partial charge in [-0.15, -0.1) is 5.10 Å². The van der Waals surface area contributed by atoms with Crippen LogP contribution in [0.4, 0.5) is 5.82 Å². The van der Waals surface area contributed by atoms with Gasteiger partial charge < -0.3 is 10.2 Å². The Kier molecular flexibility index (Phi) is 3.95. The Labute approximate surface area is 137 Å². The van der Waals surface area contributed by atoms with Gasteiger partial charge in [-0.05, 0) is 62.0 Å². The molecule has 1 aliphatic heterocycles. The summed E-state index contributed by atoms with van der Waals surface area (Å²) < 4.78 is 0. The molecule has 0 saturated heterocycles. The number of aromatic nitrogens is 2. The summed E-state index contributed by atoms with van der Waals surface area (Å²) >= 11 is 0. The van der Waals surface area contributed by atoms with Crippen LogP contribution in [0.3, 0.4) is 0 Å². The molecule has 0 atom stereocenters. The average Bonchev–Trinajstić information content (AvgIpc) is 3.46. The zero-order valence-electron chi connectivity index (χ0n) is 13.9. The van der Waals surface area contributed by atoms with Crippen molar-refractivity contribution in [3.63, 3.8) is 0 Å². The van der Waals surface area contributed by atoms with E-state index in [-0.39, 0.29) is 0 Å². The minimum Gasteiger partial charge on any atom is -0.369 e. The molecule has 23 heavy (non-hydrogen) atoms. The molecule has 0 unspecified atom stereocenters. The van der Waals surface area contributed by atoms with Crippen LogP contribution in [0, 0.1) is 17.8 Å². The number of anilines is 1. The van der Waals surface area contributed by atoms with Crippen LogP contribution in [-0.4, -0.2) is 34.1 Å². The summed E-state index contributed by atoms with van der Waals surface area (Å²) in [5.41, 5.74) is 2.21. The summed E-state index contributed by atoms with van der Waals surface area (Å²) in [5, 5.41) is 11.7. The second-order valence-electron chi connectivity index (χ2n) is 7.34. The van der Waals surface area contributed by atoms with Gasteiger partial charge in [0.15, 0.2) is 0 Å². The van der Waals surface area contributed by atoms with Gasteiger partial charge >= 0.3 is 0 Å². The molecule has 1 amide bonds. The maximum Gasteiger partial charge on any atom is 0.223 e. The van der Waals surface area contributed by atoms with E-state index < -0.39 is 0 Å². The molecule has 0 bridgehead atoms. The van der Waals surface area contributed by atoms with Gasteiger partial charge in [-0.3, -0.25) is 4.79 Å². The maximum absolute atomic E-state index is 12.8. The lowest BCUT2D eigenvalue weighted by molar-refractivity contribution is -0.133. The van der Waals surface area contributed by atoms with Crippen molar-refractivity contribution in [2.45, 2.75) is 52.0 Å². The van der Waals surface area contributed by atoms with E-state index in [1.807, 2.05) is 11.8 Å². The Morgan fingerprint density at radius 3 is 2.70 bits per heavy atom.